The van der Waals surface area contributed by atoms with E-state index in [0.29, 0.717) is 17.6 Å². The Morgan fingerprint density at radius 2 is 2.35 bits per heavy atom. The standard InChI is InChI=1S/C14H16N2O4/c17-13(18)10-4-1-5-11-12(10)15-14(19)16(11)7-6-9-3-2-8-20-9/h1,4-5,9H,2-3,6-8H2,(H,15,19)(H,17,18). The van der Waals surface area contributed by atoms with Gasteiger partial charge in [-0.3, -0.25) is 4.57 Å². The first kappa shape index (κ1) is 12.9. The van der Waals surface area contributed by atoms with Gasteiger partial charge in [0.2, 0.25) is 0 Å². The Morgan fingerprint density at radius 3 is 3.05 bits per heavy atom. The second-order valence-electron chi connectivity index (χ2n) is 5.01. The zero-order valence-corrected chi connectivity index (χ0v) is 11.0. The molecular weight excluding hydrogens is 260 g/mol. The molecule has 1 aromatic heterocycles. The Bertz CT molecular complexity index is 695. The number of fused-ring (bicyclic) bond motifs is 1. The molecule has 6 nitrogen and oxygen atoms in total. The number of imidazole rings is 1. The first-order chi connectivity index (χ1) is 9.66. The number of H-pyrrole nitrogens is 1. The van der Waals surface area contributed by atoms with Crippen LogP contribution in [-0.4, -0.2) is 33.3 Å². The Balaban J connectivity index is 1.94. The van der Waals surface area contributed by atoms with Crippen molar-refractivity contribution in [2.75, 3.05) is 6.61 Å². The average molecular weight is 276 g/mol. The number of carboxylic acid groups (broad SMARTS) is 1. The number of rotatable bonds is 4. The monoisotopic (exact) mass is 276 g/mol. The van der Waals surface area contributed by atoms with E-state index in [0.717, 1.165) is 25.9 Å². The van der Waals surface area contributed by atoms with E-state index in [-0.39, 0.29) is 17.4 Å². The number of para-hydroxylation sites is 1. The Morgan fingerprint density at radius 1 is 1.50 bits per heavy atom. The van der Waals surface area contributed by atoms with Crippen molar-refractivity contribution in [3.63, 3.8) is 0 Å². The van der Waals surface area contributed by atoms with Gasteiger partial charge >= 0.3 is 11.7 Å². The maximum absolute atomic E-state index is 12.0. The SMILES string of the molecule is O=C(O)c1cccc2c1[nH]c(=O)n2CCC1CCCO1. The summed E-state index contributed by atoms with van der Waals surface area (Å²) in [7, 11) is 0. The minimum absolute atomic E-state index is 0.121. The minimum atomic E-state index is -1.04. The van der Waals surface area contributed by atoms with Crippen LogP contribution in [0.3, 0.4) is 0 Å². The van der Waals surface area contributed by atoms with Crippen molar-refractivity contribution < 1.29 is 14.6 Å². The number of hydrogen-bond acceptors (Lipinski definition) is 3. The molecule has 0 bridgehead atoms. The lowest BCUT2D eigenvalue weighted by atomic mass is 10.1. The summed E-state index contributed by atoms with van der Waals surface area (Å²) in [5.74, 6) is -1.04. The van der Waals surface area contributed by atoms with E-state index < -0.39 is 5.97 Å². The number of nitrogens with one attached hydrogen (secondary N) is 1. The molecule has 2 aromatic rings. The number of benzene rings is 1. The second kappa shape index (κ2) is 5.13. The average Bonchev–Trinajstić information content (AvgIpc) is 3.02. The predicted octanol–water partition coefficient (Wildman–Crippen LogP) is 1.60. The maximum Gasteiger partial charge on any atom is 0.337 e. The van der Waals surface area contributed by atoms with E-state index >= 15 is 0 Å². The molecule has 0 amide bonds. The van der Waals surface area contributed by atoms with Crippen LogP contribution in [0.1, 0.15) is 29.6 Å². The molecule has 20 heavy (non-hydrogen) atoms. The van der Waals surface area contributed by atoms with Crippen molar-refractivity contribution in [3.8, 4) is 0 Å². The molecule has 0 aliphatic carbocycles. The quantitative estimate of drug-likeness (QED) is 0.888. The third-order valence-corrected chi connectivity index (χ3v) is 3.74. The van der Waals surface area contributed by atoms with Gasteiger partial charge in [0.15, 0.2) is 0 Å². The van der Waals surface area contributed by atoms with Crippen LogP contribution in [0.4, 0.5) is 0 Å². The van der Waals surface area contributed by atoms with Crippen molar-refractivity contribution in [2.45, 2.75) is 31.9 Å². The number of nitrogens with zero attached hydrogens (tertiary/aromatic N) is 1. The van der Waals surface area contributed by atoms with Gasteiger partial charge in [0.05, 0.1) is 22.7 Å². The molecule has 1 unspecified atom stereocenters. The Hall–Kier alpha value is -2.08. The number of carboxylic acids is 1. The van der Waals surface area contributed by atoms with Crippen LogP contribution >= 0.6 is 0 Å². The molecule has 0 spiro atoms. The van der Waals surface area contributed by atoms with Gasteiger partial charge in [-0.2, -0.15) is 0 Å². The molecule has 3 rings (SSSR count). The number of aromatic amines is 1. The molecule has 1 fully saturated rings. The summed E-state index contributed by atoms with van der Waals surface area (Å²) in [6, 6.07) is 4.90. The third-order valence-electron chi connectivity index (χ3n) is 3.74. The summed E-state index contributed by atoms with van der Waals surface area (Å²) >= 11 is 0. The van der Waals surface area contributed by atoms with E-state index in [9.17, 15) is 9.59 Å². The Kier molecular flexibility index (Phi) is 3.31. The van der Waals surface area contributed by atoms with Gasteiger partial charge in [0.1, 0.15) is 0 Å². The first-order valence-corrected chi connectivity index (χ1v) is 6.73. The van der Waals surface area contributed by atoms with Crippen molar-refractivity contribution in [2.24, 2.45) is 0 Å². The normalized spacial score (nSPS) is 18.7. The molecule has 0 saturated carbocycles. The fourth-order valence-corrected chi connectivity index (χ4v) is 2.73. The van der Waals surface area contributed by atoms with Crippen LogP contribution in [0.2, 0.25) is 0 Å². The number of hydrogen-bond donors (Lipinski definition) is 2. The van der Waals surface area contributed by atoms with Crippen LogP contribution in [0.15, 0.2) is 23.0 Å². The van der Waals surface area contributed by atoms with Crippen molar-refractivity contribution >= 4 is 17.0 Å². The molecule has 1 atom stereocenters. The summed E-state index contributed by atoms with van der Waals surface area (Å²) in [4.78, 5) is 25.8. The van der Waals surface area contributed by atoms with Gasteiger partial charge in [-0.05, 0) is 31.4 Å². The molecule has 1 aliphatic heterocycles. The molecule has 1 aliphatic rings. The molecule has 1 aromatic carbocycles. The van der Waals surface area contributed by atoms with Crippen LogP contribution in [0.5, 0.6) is 0 Å². The van der Waals surface area contributed by atoms with Gasteiger partial charge in [-0.15, -0.1) is 0 Å². The lowest BCUT2D eigenvalue weighted by Gasteiger charge is -2.09. The van der Waals surface area contributed by atoms with Crippen LogP contribution in [0.25, 0.3) is 11.0 Å². The molecule has 2 heterocycles. The fraction of sp³-hybridized carbons (Fsp3) is 0.429. The number of aromatic carboxylic acids is 1. The lowest BCUT2D eigenvalue weighted by Crippen LogP contribution is -2.19. The topological polar surface area (TPSA) is 84.3 Å². The van der Waals surface area contributed by atoms with Crippen molar-refractivity contribution in [1.29, 1.82) is 0 Å². The highest BCUT2D eigenvalue weighted by Gasteiger charge is 2.18. The van der Waals surface area contributed by atoms with E-state index in [1.807, 2.05) is 0 Å². The zero-order valence-electron chi connectivity index (χ0n) is 11.0. The maximum atomic E-state index is 12.0. The van der Waals surface area contributed by atoms with Crippen LogP contribution in [-0.2, 0) is 11.3 Å². The van der Waals surface area contributed by atoms with E-state index in [1.54, 1.807) is 16.7 Å². The smallest absolute Gasteiger partial charge is 0.337 e. The summed E-state index contributed by atoms with van der Waals surface area (Å²) in [5, 5.41) is 9.13. The number of aryl methyl sites for hydroxylation is 1. The van der Waals surface area contributed by atoms with E-state index in [4.69, 9.17) is 9.84 Å². The second-order valence-corrected chi connectivity index (χ2v) is 5.01. The summed E-state index contributed by atoms with van der Waals surface area (Å²) in [5.41, 5.74) is 0.868. The first-order valence-electron chi connectivity index (χ1n) is 6.73. The van der Waals surface area contributed by atoms with Crippen LogP contribution in [0, 0.1) is 0 Å². The van der Waals surface area contributed by atoms with Gasteiger partial charge in [-0.25, -0.2) is 9.59 Å². The molecule has 0 radical (unpaired) electrons. The van der Waals surface area contributed by atoms with E-state index in [1.165, 1.54) is 6.07 Å². The minimum Gasteiger partial charge on any atom is -0.478 e. The molecule has 6 heteroatoms. The van der Waals surface area contributed by atoms with E-state index in [2.05, 4.69) is 4.98 Å². The molecule has 1 saturated heterocycles. The van der Waals surface area contributed by atoms with Crippen molar-refractivity contribution in [1.82, 2.24) is 9.55 Å². The number of aromatic nitrogens is 2. The Labute approximate surface area is 115 Å². The van der Waals surface area contributed by atoms with Gasteiger partial charge in [0, 0.05) is 13.2 Å². The highest BCUT2D eigenvalue weighted by molar-refractivity contribution is 6.00. The highest BCUT2D eigenvalue weighted by atomic mass is 16.5. The number of carbonyl (C=O) groups is 1. The lowest BCUT2D eigenvalue weighted by molar-refractivity contribution is 0.0699. The number of ether oxygens (including phenoxy) is 1. The summed E-state index contributed by atoms with van der Waals surface area (Å²) in [6.45, 7) is 1.32. The van der Waals surface area contributed by atoms with Gasteiger partial charge in [0.25, 0.3) is 0 Å². The molecule has 2 N–H and O–H groups in total. The fourth-order valence-electron chi connectivity index (χ4n) is 2.73. The van der Waals surface area contributed by atoms with Gasteiger partial charge < -0.3 is 14.8 Å². The summed E-state index contributed by atoms with van der Waals surface area (Å²) < 4.78 is 7.13. The highest BCUT2D eigenvalue weighted by Crippen LogP contribution is 2.19. The van der Waals surface area contributed by atoms with Gasteiger partial charge in [-0.1, -0.05) is 6.07 Å². The molecular formula is C14H16N2O4. The zero-order chi connectivity index (χ0) is 14.1. The third kappa shape index (κ3) is 2.22. The molecule has 106 valence electrons. The largest absolute Gasteiger partial charge is 0.478 e. The van der Waals surface area contributed by atoms with Crippen LogP contribution < -0.4 is 5.69 Å². The summed E-state index contributed by atoms with van der Waals surface area (Å²) in [6.07, 6.45) is 3.06. The van der Waals surface area contributed by atoms with Crippen molar-refractivity contribution in [3.05, 3.63) is 34.2 Å². The predicted molar refractivity (Wildman–Crippen MR) is 73.1 cm³/mol.